The minimum Gasteiger partial charge on any atom is -0.380 e. The lowest BCUT2D eigenvalue weighted by atomic mass is 9.97. The highest BCUT2D eigenvalue weighted by Gasteiger charge is 2.31. The third-order valence-corrected chi connectivity index (χ3v) is 4.83. The molecule has 0 aromatic carbocycles. The van der Waals surface area contributed by atoms with E-state index in [-0.39, 0.29) is 10.6 Å². The molecule has 0 amide bonds. The van der Waals surface area contributed by atoms with E-state index >= 15 is 0 Å². The zero-order valence-corrected chi connectivity index (χ0v) is 12.6. The van der Waals surface area contributed by atoms with Crippen molar-refractivity contribution in [2.45, 2.75) is 51.2 Å². The average molecular weight is 297 g/mol. The second kappa shape index (κ2) is 5.74. The molecule has 2 saturated heterocycles. The van der Waals surface area contributed by atoms with Crippen molar-refractivity contribution in [3.05, 3.63) is 21.6 Å². The predicted molar refractivity (Wildman–Crippen MR) is 80.4 cm³/mol. The van der Waals surface area contributed by atoms with Crippen LogP contribution in [0.15, 0.2) is 11.0 Å². The van der Waals surface area contributed by atoms with Crippen molar-refractivity contribution >= 4 is 17.3 Å². The largest absolute Gasteiger partial charge is 0.380 e. The maximum absolute atomic E-state index is 12.0. The minimum atomic E-state index is -0.211. The van der Waals surface area contributed by atoms with Crippen LogP contribution in [0.2, 0.25) is 5.02 Å². The SMILES string of the molecule is CCn1ncc(NC2CCN3CCCC3C2)c(Cl)c1=O. The van der Waals surface area contributed by atoms with Crippen LogP contribution in [0.25, 0.3) is 0 Å². The normalized spacial score (nSPS) is 26.5. The topological polar surface area (TPSA) is 50.2 Å². The lowest BCUT2D eigenvalue weighted by molar-refractivity contribution is 0.188. The highest BCUT2D eigenvalue weighted by atomic mass is 35.5. The van der Waals surface area contributed by atoms with E-state index in [1.165, 1.54) is 24.1 Å². The monoisotopic (exact) mass is 296 g/mol. The van der Waals surface area contributed by atoms with Gasteiger partial charge in [-0.25, -0.2) is 4.68 Å². The van der Waals surface area contributed by atoms with Crippen LogP contribution in [0.3, 0.4) is 0 Å². The van der Waals surface area contributed by atoms with Gasteiger partial charge in [0.05, 0.1) is 11.9 Å². The van der Waals surface area contributed by atoms with Gasteiger partial charge in [0.25, 0.3) is 5.56 Å². The quantitative estimate of drug-likeness (QED) is 0.926. The molecule has 2 aliphatic rings. The molecule has 1 N–H and O–H groups in total. The number of nitrogens with zero attached hydrogens (tertiary/aromatic N) is 3. The van der Waals surface area contributed by atoms with Gasteiger partial charge >= 0.3 is 0 Å². The number of halogens is 1. The number of fused-ring (bicyclic) bond motifs is 1. The van der Waals surface area contributed by atoms with Crippen molar-refractivity contribution in [1.29, 1.82) is 0 Å². The fourth-order valence-electron chi connectivity index (χ4n) is 3.37. The first-order chi connectivity index (χ1) is 9.69. The van der Waals surface area contributed by atoms with Crippen LogP contribution >= 0.6 is 11.6 Å². The van der Waals surface area contributed by atoms with Gasteiger partial charge in [0.2, 0.25) is 0 Å². The van der Waals surface area contributed by atoms with Crippen molar-refractivity contribution < 1.29 is 0 Å². The summed E-state index contributed by atoms with van der Waals surface area (Å²) < 4.78 is 1.38. The Kier molecular flexibility index (Phi) is 3.98. The molecule has 0 saturated carbocycles. The van der Waals surface area contributed by atoms with Gasteiger partial charge in [0.15, 0.2) is 0 Å². The molecule has 0 aliphatic carbocycles. The zero-order chi connectivity index (χ0) is 14.1. The maximum Gasteiger partial charge on any atom is 0.287 e. The number of aromatic nitrogens is 2. The average Bonchev–Trinajstić information content (AvgIpc) is 2.92. The van der Waals surface area contributed by atoms with E-state index in [1.54, 1.807) is 6.20 Å². The number of aryl methyl sites for hydroxylation is 1. The van der Waals surface area contributed by atoms with Crippen molar-refractivity contribution in [3.8, 4) is 0 Å². The second-order valence-electron chi connectivity index (χ2n) is 5.69. The fourth-order valence-corrected chi connectivity index (χ4v) is 3.57. The third kappa shape index (κ3) is 2.56. The Morgan fingerprint density at radius 3 is 3.10 bits per heavy atom. The van der Waals surface area contributed by atoms with E-state index in [4.69, 9.17) is 11.6 Å². The van der Waals surface area contributed by atoms with E-state index in [2.05, 4.69) is 15.3 Å². The van der Waals surface area contributed by atoms with Gasteiger partial charge in [-0.05, 0) is 39.2 Å². The molecule has 2 atom stereocenters. The van der Waals surface area contributed by atoms with E-state index in [0.717, 1.165) is 19.4 Å². The molecule has 3 rings (SSSR count). The molecule has 1 aromatic heterocycles. The molecular formula is C14H21ClN4O. The van der Waals surface area contributed by atoms with E-state index in [1.807, 2.05) is 6.92 Å². The molecule has 2 aliphatic heterocycles. The van der Waals surface area contributed by atoms with E-state index in [0.29, 0.717) is 24.3 Å². The summed E-state index contributed by atoms with van der Waals surface area (Å²) in [5, 5.41) is 7.82. The molecule has 0 spiro atoms. The Balaban J connectivity index is 1.72. The van der Waals surface area contributed by atoms with Crippen LogP contribution in [0.4, 0.5) is 5.69 Å². The van der Waals surface area contributed by atoms with Gasteiger partial charge in [-0.2, -0.15) is 5.10 Å². The predicted octanol–water partition coefficient (Wildman–Crippen LogP) is 1.96. The number of piperidine rings is 1. The first kappa shape index (κ1) is 13.9. The molecule has 6 heteroatoms. The molecule has 20 heavy (non-hydrogen) atoms. The number of hydrogen-bond acceptors (Lipinski definition) is 4. The molecule has 2 unspecified atom stereocenters. The summed E-state index contributed by atoms with van der Waals surface area (Å²) >= 11 is 6.16. The van der Waals surface area contributed by atoms with Crippen LogP contribution in [0.5, 0.6) is 0 Å². The highest BCUT2D eigenvalue weighted by Crippen LogP contribution is 2.29. The van der Waals surface area contributed by atoms with Gasteiger partial charge in [0.1, 0.15) is 5.02 Å². The van der Waals surface area contributed by atoms with Gasteiger partial charge < -0.3 is 10.2 Å². The number of nitrogens with one attached hydrogen (secondary N) is 1. The lowest BCUT2D eigenvalue weighted by Gasteiger charge is -2.35. The summed E-state index contributed by atoms with van der Waals surface area (Å²) in [5.41, 5.74) is 0.468. The Labute approximate surface area is 123 Å². The van der Waals surface area contributed by atoms with Crippen LogP contribution in [0.1, 0.15) is 32.6 Å². The van der Waals surface area contributed by atoms with Gasteiger partial charge in [-0.3, -0.25) is 4.79 Å². The van der Waals surface area contributed by atoms with Gasteiger partial charge in [0, 0.05) is 25.2 Å². The van der Waals surface area contributed by atoms with Crippen LogP contribution < -0.4 is 10.9 Å². The van der Waals surface area contributed by atoms with E-state index in [9.17, 15) is 4.79 Å². The number of anilines is 1. The summed E-state index contributed by atoms with van der Waals surface area (Å²) in [6, 6.07) is 1.09. The molecular weight excluding hydrogens is 276 g/mol. The van der Waals surface area contributed by atoms with Crippen molar-refractivity contribution in [3.63, 3.8) is 0 Å². The zero-order valence-electron chi connectivity index (χ0n) is 11.8. The lowest BCUT2D eigenvalue weighted by Crippen LogP contribution is -2.43. The first-order valence-electron chi connectivity index (χ1n) is 7.45. The molecule has 5 nitrogen and oxygen atoms in total. The molecule has 110 valence electrons. The number of hydrogen-bond donors (Lipinski definition) is 1. The first-order valence-corrected chi connectivity index (χ1v) is 7.83. The van der Waals surface area contributed by atoms with Crippen molar-refractivity contribution in [1.82, 2.24) is 14.7 Å². The highest BCUT2D eigenvalue weighted by molar-refractivity contribution is 6.32. The van der Waals surface area contributed by atoms with Crippen molar-refractivity contribution in [2.75, 3.05) is 18.4 Å². The summed E-state index contributed by atoms with van der Waals surface area (Å²) in [4.78, 5) is 14.5. The van der Waals surface area contributed by atoms with Gasteiger partial charge in [-0.15, -0.1) is 0 Å². The standard InChI is InChI=1S/C14H21ClN4O/c1-2-19-14(20)13(15)12(9-16-19)17-10-5-7-18-6-3-4-11(18)8-10/h9-11,17H,2-8H2,1H3. The fraction of sp³-hybridized carbons (Fsp3) is 0.714. The Hall–Kier alpha value is -1.07. The molecule has 1 aromatic rings. The molecule has 0 radical (unpaired) electrons. The van der Waals surface area contributed by atoms with Crippen molar-refractivity contribution in [2.24, 2.45) is 0 Å². The summed E-state index contributed by atoms with van der Waals surface area (Å²) in [5.74, 6) is 0. The van der Waals surface area contributed by atoms with Crippen LogP contribution in [0, 0.1) is 0 Å². The van der Waals surface area contributed by atoms with Crippen LogP contribution in [-0.2, 0) is 6.54 Å². The van der Waals surface area contributed by atoms with Gasteiger partial charge in [-0.1, -0.05) is 11.6 Å². The third-order valence-electron chi connectivity index (χ3n) is 4.46. The molecule has 2 fully saturated rings. The number of rotatable bonds is 3. The summed E-state index contributed by atoms with van der Waals surface area (Å²) in [7, 11) is 0. The smallest absolute Gasteiger partial charge is 0.287 e. The minimum absolute atomic E-state index is 0.211. The Morgan fingerprint density at radius 2 is 2.30 bits per heavy atom. The van der Waals surface area contributed by atoms with E-state index < -0.39 is 0 Å². The summed E-state index contributed by atoms with van der Waals surface area (Å²) in [6.07, 6.45) is 6.51. The Bertz CT molecular complexity index is 544. The second-order valence-corrected chi connectivity index (χ2v) is 6.07. The molecule has 0 bridgehead atoms. The molecule has 3 heterocycles. The van der Waals surface area contributed by atoms with Crippen LogP contribution in [-0.4, -0.2) is 39.9 Å². The maximum atomic E-state index is 12.0. The Morgan fingerprint density at radius 1 is 1.45 bits per heavy atom. The summed E-state index contributed by atoms with van der Waals surface area (Å²) in [6.45, 7) is 4.80.